The summed E-state index contributed by atoms with van der Waals surface area (Å²) in [5.74, 6) is 0. The molecule has 0 N–H and O–H groups in total. The van der Waals surface area contributed by atoms with E-state index in [0.717, 1.165) is 32.8 Å². The molecule has 0 aromatic carbocycles. The van der Waals surface area contributed by atoms with Gasteiger partial charge in [-0.2, -0.15) is 0 Å². The van der Waals surface area contributed by atoms with Gasteiger partial charge in [0.05, 0.1) is 13.2 Å². The van der Waals surface area contributed by atoms with Crippen LogP contribution in [0, 0.1) is 0 Å². The summed E-state index contributed by atoms with van der Waals surface area (Å²) in [4.78, 5) is 2.28. The Morgan fingerprint density at radius 3 is 2.54 bits per heavy atom. The van der Waals surface area contributed by atoms with Crippen LogP contribution in [-0.4, -0.2) is 44.0 Å². The van der Waals surface area contributed by atoms with Crippen molar-refractivity contribution in [3.63, 3.8) is 0 Å². The minimum Gasteiger partial charge on any atom is -0.349 e. The summed E-state index contributed by atoms with van der Waals surface area (Å²) in [7, 11) is 0. The summed E-state index contributed by atoms with van der Waals surface area (Å²) < 4.78 is 10.7. The molecule has 1 rings (SSSR count). The highest BCUT2D eigenvalue weighted by molar-refractivity contribution is 4.91. The van der Waals surface area contributed by atoms with Gasteiger partial charge in [0.1, 0.15) is 0 Å². The summed E-state index contributed by atoms with van der Waals surface area (Å²) in [6, 6.07) is 0. The fourth-order valence-electron chi connectivity index (χ4n) is 1.41. The van der Waals surface area contributed by atoms with Crippen molar-refractivity contribution in [3.05, 3.63) is 12.2 Å². The minimum atomic E-state index is -0.0284. The fraction of sp³-hybridized carbons (Fsp3) is 0.800. The van der Waals surface area contributed by atoms with E-state index >= 15 is 0 Å². The highest BCUT2D eigenvalue weighted by atomic mass is 16.7. The molecule has 0 bridgehead atoms. The molecule has 76 valence electrons. The van der Waals surface area contributed by atoms with Gasteiger partial charge in [-0.05, 0) is 13.5 Å². The third kappa shape index (κ3) is 3.89. The summed E-state index contributed by atoms with van der Waals surface area (Å²) in [5.41, 5.74) is 1.18. The first-order valence-electron chi connectivity index (χ1n) is 4.82. The summed E-state index contributed by atoms with van der Waals surface area (Å²) >= 11 is 0. The highest BCUT2D eigenvalue weighted by Gasteiger charge is 2.18. The van der Waals surface area contributed by atoms with E-state index in [1.54, 1.807) is 0 Å². The smallest absolute Gasteiger partial charge is 0.170 e. The Hall–Kier alpha value is -0.380. The zero-order chi connectivity index (χ0) is 9.68. The molecule has 3 nitrogen and oxygen atoms in total. The van der Waals surface area contributed by atoms with Crippen LogP contribution in [-0.2, 0) is 9.47 Å². The monoisotopic (exact) mass is 185 g/mol. The number of ether oxygens (including phenoxy) is 2. The van der Waals surface area contributed by atoms with E-state index in [-0.39, 0.29) is 6.29 Å². The molecule has 1 heterocycles. The van der Waals surface area contributed by atoms with E-state index in [2.05, 4.69) is 18.4 Å². The lowest BCUT2D eigenvalue weighted by Gasteiger charge is -2.22. The van der Waals surface area contributed by atoms with E-state index in [1.165, 1.54) is 5.57 Å². The molecule has 0 saturated carbocycles. The van der Waals surface area contributed by atoms with Crippen molar-refractivity contribution in [2.24, 2.45) is 0 Å². The Kier molecular flexibility index (Phi) is 4.42. The van der Waals surface area contributed by atoms with Crippen LogP contribution in [0.2, 0.25) is 0 Å². The number of likely N-dealkylation sites (N-methyl/N-ethyl adjacent to an activating group) is 1. The van der Waals surface area contributed by atoms with Gasteiger partial charge < -0.3 is 9.47 Å². The second-order valence-electron chi connectivity index (χ2n) is 3.46. The zero-order valence-corrected chi connectivity index (χ0v) is 8.58. The summed E-state index contributed by atoms with van der Waals surface area (Å²) in [6.45, 7) is 12.3. The van der Waals surface area contributed by atoms with Crippen LogP contribution >= 0.6 is 0 Å². The molecule has 1 saturated heterocycles. The summed E-state index contributed by atoms with van der Waals surface area (Å²) in [5, 5.41) is 0. The van der Waals surface area contributed by atoms with E-state index in [4.69, 9.17) is 9.47 Å². The van der Waals surface area contributed by atoms with Crippen LogP contribution < -0.4 is 0 Å². The van der Waals surface area contributed by atoms with Gasteiger partial charge in [-0.3, -0.25) is 4.90 Å². The highest BCUT2D eigenvalue weighted by Crippen LogP contribution is 2.06. The predicted octanol–water partition coefficient (Wildman–Crippen LogP) is 1.26. The molecule has 0 radical (unpaired) electrons. The van der Waals surface area contributed by atoms with Crippen molar-refractivity contribution in [2.45, 2.75) is 20.1 Å². The van der Waals surface area contributed by atoms with Crippen molar-refractivity contribution < 1.29 is 9.47 Å². The maximum Gasteiger partial charge on any atom is 0.170 e. The number of hydrogen-bond donors (Lipinski definition) is 0. The van der Waals surface area contributed by atoms with E-state index in [9.17, 15) is 0 Å². The Morgan fingerprint density at radius 2 is 2.08 bits per heavy atom. The van der Waals surface area contributed by atoms with Gasteiger partial charge in [0, 0.05) is 13.1 Å². The van der Waals surface area contributed by atoms with Crippen LogP contribution in [0.5, 0.6) is 0 Å². The maximum atomic E-state index is 5.37. The molecule has 0 amide bonds. The molecular weight excluding hydrogens is 166 g/mol. The van der Waals surface area contributed by atoms with E-state index in [1.807, 2.05) is 6.92 Å². The van der Waals surface area contributed by atoms with Crippen molar-refractivity contribution in [1.29, 1.82) is 0 Å². The second-order valence-corrected chi connectivity index (χ2v) is 3.46. The fourth-order valence-corrected chi connectivity index (χ4v) is 1.41. The van der Waals surface area contributed by atoms with Gasteiger partial charge in [-0.15, -0.1) is 0 Å². The number of rotatable bonds is 5. The molecule has 0 unspecified atom stereocenters. The number of nitrogens with zero attached hydrogens (tertiary/aromatic N) is 1. The van der Waals surface area contributed by atoms with Crippen molar-refractivity contribution in [1.82, 2.24) is 4.90 Å². The molecular formula is C10H19NO2. The molecule has 1 fully saturated rings. The molecule has 13 heavy (non-hydrogen) atoms. The third-order valence-corrected chi connectivity index (χ3v) is 2.04. The Balaban J connectivity index is 2.25. The normalized spacial score (nSPS) is 18.4. The lowest BCUT2D eigenvalue weighted by molar-refractivity contribution is -0.0598. The standard InChI is InChI=1S/C10H19NO2/c1-4-11(7-9(2)3)8-10-12-5-6-13-10/h10H,2,4-8H2,1,3H3. The van der Waals surface area contributed by atoms with Gasteiger partial charge in [-0.25, -0.2) is 0 Å². The molecule has 0 atom stereocenters. The molecule has 0 aliphatic carbocycles. The van der Waals surface area contributed by atoms with Gasteiger partial charge in [0.2, 0.25) is 0 Å². The SMILES string of the molecule is C=C(C)CN(CC)CC1OCCO1. The third-order valence-electron chi connectivity index (χ3n) is 2.04. The maximum absolute atomic E-state index is 5.37. The largest absolute Gasteiger partial charge is 0.349 e. The Bertz CT molecular complexity index is 164. The van der Waals surface area contributed by atoms with Crippen molar-refractivity contribution in [3.8, 4) is 0 Å². The first kappa shape index (κ1) is 10.7. The van der Waals surface area contributed by atoms with Crippen LogP contribution in [0.3, 0.4) is 0 Å². The lowest BCUT2D eigenvalue weighted by atomic mass is 10.3. The van der Waals surface area contributed by atoms with Crippen LogP contribution in [0.25, 0.3) is 0 Å². The van der Waals surface area contributed by atoms with Crippen molar-refractivity contribution in [2.75, 3.05) is 32.8 Å². The van der Waals surface area contributed by atoms with E-state index in [0.29, 0.717) is 0 Å². The van der Waals surface area contributed by atoms with Crippen LogP contribution in [0.15, 0.2) is 12.2 Å². The minimum absolute atomic E-state index is 0.0284. The predicted molar refractivity (Wildman–Crippen MR) is 52.6 cm³/mol. The molecule has 0 spiro atoms. The van der Waals surface area contributed by atoms with Gasteiger partial charge in [0.25, 0.3) is 0 Å². The average molecular weight is 185 g/mol. The lowest BCUT2D eigenvalue weighted by Crippen LogP contribution is -2.33. The Labute approximate surface area is 80.3 Å². The second kappa shape index (κ2) is 5.37. The van der Waals surface area contributed by atoms with Crippen LogP contribution in [0.1, 0.15) is 13.8 Å². The van der Waals surface area contributed by atoms with Crippen molar-refractivity contribution >= 4 is 0 Å². The zero-order valence-electron chi connectivity index (χ0n) is 8.58. The number of hydrogen-bond acceptors (Lipinski definition) is 3. The molecule has 3 heteroatoms. The van der Waals surface area contributed by atoms with Gasteiger partial charge in [-0.1, -0.05) is 19.1 Å². The van der Waals surface area contributed by atoms with Gasteiger partial charge in [0.15, 0.2) is 6.29 Å². The molecule has 1 aliphatic rings. The van der Waals surface area contributed by atoms with Gasteiger partial charge >= 0.3 is 0 Å². The van der Waals surface area contributed by atoms with E-state index < -0.39 is 0 Å². The topological polar surface area (TPSA) is 21.7 Å². The summed E-state index contributed by atoms with van der Waals surface area (Å²) in [6.07, 6.45) is -0.0284. The Morgan fingerprint density at radius 1 is 1.46 bits per heavy atom. The molecule has 0 aromatic rings. The first-order chi connectivity index (χ1) is 6.22. The molecule has 0 aromatic heterocycles. The molecule has 1 aliphatic heterocycles. The first-order valence-corrected chi connectivity index (χ1v) is 4.82. The van der Waals surface area contributed by atoms with Crippen LogP contribution in [0.4, 0.5) is 0 Å². The average Bonchev–Trinajstić information content (AvgIpc) is 2.55. The quantitative estimate of drug-likeness (QED) is 0.602.